The summed E-state index contributed by atoms with van der Waals surface area (Å²) >= 11 is 0. The Labute approximate surface area is 130 Å². The second-order valence-electron chi connectivity index (χ2n) is 5.36. The monoisotopic (exact) mass is 319 g/mol. The molecule has 1 N–H and O–H groups in total. The molecule has 0 spiro atoms. The first kappa shape index (κ1) is 15.3. The van der Waals surface area contributed by atoms with Crippen molar-refractivity contribution < 1.29 is 18.0 Å². The van der Waals surface area contributed by atoms with Gasteiger partial charge in [-0.05, 0) is 34.5 Å². The highest BCUT2D eigenvalue weighted by Crippen LogP contribution is 2.38. The average molecular weight is 319 g/mol. The van der Waals surface area contributed by atoms with Crippen molar-refractivity contribution in [2.45, 2.75) is 18.6 Å². The normalized spacial score (nSPS) is 17.0. The van der Waals surface area contributed by atoms with E-state index in [1.165, 1.54) is 12.1 Å². The Balaban J connectivity index is 2.07. The fraction of sp³-hybridized carbons (Fsp3) is 0.250. The van der Waals surface area contributed by atoms with Crippen molar-refractivity contribution >= 4 is 16.7 Å². The fourth-order valence-corrected chi connectivity index (χ4v) is 2.74. The number of carbonyl (C=O) groups is 1. The third-order valence-electron chi connectivity index (χ3n) is 3.78. The zero-order valence-corrected chi connectivity index (χ0v) is 11.9. The van der Waals surface area contributed by atoms with Gasteiger partial charge in [0.2, 0.25) is 5.91 Å². The fourth-order valence-electron chi connectivity index (χ4n) is 2.74. The van der Waals surface area contributed by atoms with E-state index < -0.39 is 18.1 Å². The molecule has 2 aromatic carbocycles. The summed E-state index contributed by atoms with van der Waals surface area (Å²) in [6.07, 6.45) is -4.49. The highest BCUT2D eigenvalue weighted by molar-refractivity contribution is 5.84. The van der Waals surface area contributed by atoms with Crippen LogP contribution in [0.4, 0.5) is 13.2 Å². The van der Waals surface area contributed by atoms with Gasteiger partial charge in [-0.25, -0.2) is 5.01 Å². The SMILES string of the molecule is N#Cc1ccc2ccc([C@H](N3CCC(=O)N3)C(F)(F)F)cc2c1. The molecule has 0 aliphatic carbocycles. The van der Waals surface area contributed by atoms with Gasteiger partial charge in [-0.2, -0.15) is 18.4 Å². The van der Waals surface area contributed by atoms with E-state index in [0.717, 1.165) is 10.4 Å². The molecule has 2 aromatic rings. The van der Waals surface area contributed by atoms with Crippen LogP contribution in [-0.4, -0.2) is 23.6 Å². The minimum atomic E-state index is -4.53. The summed E-state index contributed by atoms with van der Waals surface area (Å²) in [4.78, 5) is 11.3. The van der Waals surface area contributed by atoms with Gasteiger partial charge in [0.25, 0.3) is 0 Å². The molecule has 7 heteroatoms. The lowest BCUT2D eigenvalue weighted by Gasteiger charge is -2.29. The maximum Gasteiger partial charge on any atom is 0.409 e. The Kier molecular flexibility index (Phi) is 3.70. The third kappa shape index (κ3) is 2.98. The number of halogens is 3. The van der Waals surface area contributed by atoms with Crippen LogP contribution in [0.3, 0.4) is 0 Å². The maximum atomic E-state index is 13.5. The van der Waals surface area contributed by atoms with E-state index >= 15 is 0 Å². The molecule has 0 aromatic heterocycles. The zero-order chi connectivity index (χ0) is 16.6. The van der Waals surface area contributed by atoms with Gasteiger partial charge >= 0.3 is 6.18 Å². The topological polar surface area (TPSA) is 56.1 Å². The first-order valence-electron chi connectivity index (χ1n) is 6.95. The Morgan fingerprint density at radius 3 is 2.52 bits per heavy atom. The molecule has 1 aliphatic heterocycles. The predicted molar refractivity (Wildman–Crippen MR) is 76.9 cm³/mol. The van der Waals surface area contributed by atoms with Gasteiger partial charge in [-0.15, -0.1) is 0 Å². The van der Waals surface area contributed by atoms with Crippen molar-refractivity contribution in [1.29, 1.82) is 5.26 Å². The molecule has 3 rings (SSSR count). The molecule has 1 atom stereocenters. The highest BCUT2D eigenvalue weighted by atomic mass is 19.4. The molecule has 1 amide bonds. The summed E-state index contributed by atoms with van der Waals surface area (Å²) < 4.78 is 40.5. The number of hydrazine groups is 1. The number of amides is 1. The molecular weight excluding hydrogens is 307 g/mol. The molecule has 1 saturated heterocycles. The minimum absolute atomic E-state index is 0.000712. The summed E-state index contributed by atoms with van der Waals surface area (Å²) in [5.41, 5.74) is 2.66. The molecule has 1 fully saturated rings. The van der Waals surface area contributed by atoms with Crippen LogP contribution in [0, 0.1) is 11.3 Å². The number of hydrogen-bond donors (Lipinski definition) is 1. The van der Waals surface area contributed by atoms with Crippen LogP contribution in [0.25, 0.3) is 10.8 Å². The standard InChI is InChI=1S/C16H12F3N3O/c17-16(18,19)15(22-6-5-14(23)21-22)12-4-3-11-2-1-10(9-20)7-13(11)8-12/h1-4,7-8,15H,5-6H2,(H,21,23)/t15-/m0/s1. The zero-order valence-electron chi connectivity index (χ0n) is 11.9. The molecular formula is C16H12F3N3O. The highest BCUT2D eigenvalue weighted by Gasteiger charge is 2.46. The van der Waals surface area contributed by atoms with Gasteiger partial charge in [0, 0.05) is 13.0 Å². The van der Waals surface area contributed by atoms with Crippen molar-refractivity contribution in [3.63, 3.8) is 0 Å². The molecule has 118 valence electrons. The van der Waals surface area contributed by atoms with Crippen molar-refractivity contribution in [2.24, 2.45) is 0 Å². The summed E-state index contributed by atoms with van der Waals surface area (Å²) in [5.74, 6) is -0.424. The van der Waals surface area contributed by atoms with E-state index in [4.69, 9.17) is 5.26 Å². The molecule has 0 radical (unpaired) electrons. The van der Waals surface area contributed by atoms with Crippen LogP contribution in [0.2, 0.25) is 0 Å². The largest absolute Gasteiger partial charge is 0.409 e. The summed E-state index contributed by atoms with van der Waals surface area (Å²) in [5, 5.41) is 11.1. The number of nitrogens with one attached hydrogen (secondary N) is 1. The Bertz CT molecular complexity index is 810. The van der Waals surface area contributed by atoms with E-state index in [1.54, 1.807) is 24.3 Å². The van der Waals surface area contributed by atoms with Crippen LogP contribution < -0.4 is 5.43 Å². The molecule has 23 heavy (non-hydrogen) atoms. The number of hydrogen-bond acceptors (Lipinski definition) is 3. The number of alkyl halides is 3. The van der Waals surface area contributed by atoms with E-state index in [2.05, 4.69) is 5.43 Å². The lowest BCUT2D eigenvalue weighted by molar-refractivity contribution is -0.191. The van der Waals surface area contributed by atoms with Crippen LogP contribution >= 0.6 is 0 Å². The number of benzene rings is 2. The number of carbonyl (C=O) groups excluding carboxylic acids is 1. The Morgan fingerprint density at radius 1 is 1.17 bits per heavy atom. The maximum absolute atomic E-state index is 13.5. The van der Waals surface area contributed by atoms with Crippen molar-refractivity contribution in [3.05, 3.63) is 47.5 Å². The Morgan fingerprint density at radius 2 is 1.91 bits per heavy atom. The number of nitrogens with zero attached hydrogens (tertiary/aromatic N) is 2. The van der Waals surface area contributed by atoms with Gasteiger partial charge in [0.15, 0.2) is 0 Å². The van der Waals surface area contributed by atoms with E-state index in [1.807, 2.05) is 6.07 Å². The number of nitriles is 1. The third-order valence-corrected chi connectivity index (χ3v) is 3.78. The molecule has 1 aliphatic rings. The van der Waals surface area contributed by atoms with Crippen LogP contribution in [0.15, 0.2) is 36.4 Å². The van der Waals surface area contributed by atoms with Gasteiger partial charge in [-0.1, -0.05) is 18.2 Å². The van der Waals surface area contributed by atoms with Crippen LogP contribution in [0.1, 0.15) is 23.6 Å². The van der Waals surface area contributed by atoms with Gasteiger partial charge in [0.1, 0.15) is 6.04 Å². The van der Waals surface area contributed by atoms with E-state index in [-0.39, 0.29) is 18.5 Å². The van der Waals surface area contributed by atoms with Gasteiger partial charge in [0.05, 0.1) is 11.6 Å². The minimum Gasteiger partial charge on any atom is -0.288 e. The molecule has 0 saturated carbocycles. The molecule has 4 nitrogen and oxygen atoms in total. The summed E-state index contributed by atoms with van der Waals surface area (Å²) in [6.45, 7) is -0.000712. The predicted octanol–water partition coefficient (Wildman–Crippen LogP) is 3.05. The average Bonchev–Trinajstić information content (AvgIpc) is 2.91. The Hall–Kier alpha value is -2.59. The van der Waals surface area contributed by atoms with Crippen LogP contribution in [-0.2, 0) is 4.79 Å². The first-order chi connectivity index (χ1) is 10.9. The van der Waals surface area contributed by atoms with Gasteiger partial charge < -0.3 is 0 Å². The second kappa shape index (κ2) is 5.56. The van der Waals surface area contributed by atoms with Crippen molar-refractivity contribution in [2.75, 3.05) is 6.54 Å². The quantitative estimate of drug-likeness (QED) is 0.925. The second-order valence-corrected chi connectivity index (χ2v) is 5.36. The summed E-state index contributed by atoms with van der Waals surface area (Å²) in [6, 6.07) is 9.32. The van der Waals surface area contributed by atoms with Crippen molar-refractivity contribution in [3.8, 4) is 6.07 Å². The number of fused-ring (bicyclic) bond motifs is 1. The lowest BCUT2D eigenvalue weighted by atomic mass is 10.00. The molecule has 0 unspecified atom stereocenters. The lowest BCUT2D eigenvalue weighted by Crippen LogP contribution is -2.43. The number of rotatable bonds is 2. The molecule has 0 bridgehead atoms. The molecule has 1 heterocycles. The van der Waals surface area contributed by atoms with Gasteiger partial charge in [-0.3, -0.25) is 10.2 Å². The smallest absolute Gasteiger partial charge is 0.288 e. The van der Waals surface area contributed by atoms with E-state index in [9.17, 15) is 18.0 Å². The summed E-state index contributed by atoms with van der Waals surface area (Å²) in [7, 11) is 0. The first-order valence-corrected chi connectivity index (χ1v) is 6.95. The van der Waals surface area contributed by atoms with E-state index in [0.29, 0.717) is 10.9 Å². The van der Waals surface area contributed by atoms with Crippen LogP contribution in [0.5, 0.6) is 0 Å². The van der Waals surface area contributed by atoms with Crippen molar-refractivity contribution in [1.82, 2.24) is 10.4 Å².